The molecule has 7 heteroatoms. The van der Waals surface area contributed by atoms with Gasteiger partial charge in [-0.05, 0) is 75.5 Å². The van der Waals surface area contributed by atoms with E-state index in [1.165, 1.54) is 0 Å². The van der Waals surface area contributed by atoms with Crippen LogP contribution in [0.25, 0.3) is 0 Å². The van der Waals surface area contributed by atoms with Crippen molar-refractivity contribution in [3.8, 4) is 0 Å². The van der Waals surface area contributed by atoms with Crippen molar-refractivity contribution in [1.82, 2.24) is 4.98 Å². The van der Waals surface area contributed by atoms with Gasteiger partial charge in [0, 0.05) is 15.9 Å². The molecule has 0 aliphatic heterocycles. The lowest BCUT2D eigenvalue weighted by Crippen LogP contribution is -2.01. The maximum Gasteiger partial charge on any atom is 0.229 e. The van der Waals surface area contributed by atoms with Gasteiger partial charge in [0.05, 0.1) is 4.90 Å². The van der Waals surface area contributed by atoms with Crippen molar-refractivity contribution in [2.24, 2.45) is 0 Å². The van der Waals surface area contributed by atoms with Crippen molar-refractivity contribution in [2.45, 2.75) is 24.2 Å². The van der Waals surface area contributed by atoms with Crippen LogP contribution in [-0.4, -0.2) is 19.2 Å². The third kappa shape index (κ3) is 5.08. The molecule has 0 fully saturated rings. The van der Waals surface area contributed by atoms with Crippen LogP contribution in [-0.2, 0) is 8.87 Å². The third-order valence-corrected chi connectivity index (χ3v) is 7.67. The fourth-order valence-corrected chi connectivity index (χ4v) is 5.44. The van der Waals surface area contributed by atoms with Gasteiger partial charge in [0.1, 0.15) is 4.60 Å². The maximum atomic E-state index is 12.2. The number of halogens is 2. The normalized spacial score (nSPS) is 13.0. The molecule has 0 saturated carbocycles. The summed E-state index contributed by atoms with van der Waals surface area (Å²) in [5, 5.41) is 0. The van der Waals surface area contributed by atoms with Crippen molar-refractivity contribution >= 4 is 51.5 Å². The number of hydrogen-bond acceptors (Lipinski definition) is 4. The summed E-state index contributed by atoms with van der Waals surface area (Å²) in [6.45, 7) is 2.06. The van der Waals surface area contributed by atoms with E-state index in [9.17, 15) is 8.42 Å². The van der Waals surface area contributed by atoms with Gasteiger partial charge in [-0.3, -0.25) is 0 Å². The molecule has 1 heterocycles. The zero-order valence-electron chi connectivity index (χ0n) is 11.9. The highest BCUT2D eigenvalue weighted by Crippen LogP contribution is 2.28. The minimum absolute atomic E-state index is 0.213. The van der Waals surface area contributed by atoms with Gasteiger partial charge in [-0.1, -0.05) is 28.9 Å². The van der Waals surface area contributed by atoms with E-state index in [1.54, 1.807) is 24.3 Å². The van der Waals surface area contributed by atoms with E-state index in [2.05, 4.69) is 43.8 Å². The van der Waals surface area contributed by atoms with Crippen molar-refractivity contribution in [1.29, 1.82) is 0 Å². The average molecular weight is 465 g/mol. The highest BCUT2D eigenvalue weighted by atomic mass is 79.9. The number of aromatic nitrogens is 1. The summed E-state index contributed by atoms with van der Waals surface area (Å²) in [5.74, 6) is 0.749. The fraction of sp³-hybridized carbons (Fsp3) is 0.267. The molecule has 0 aliphatic carbocycles. The lowest BCUT2D eigenvalue weighted by molar-refractivity contribution is 0.610. The first kappa shape index (κ1) is 18.0. The summed E-state index contributed by atoms with van der Waals surface area (Å²) in [6.07, 6.45) is 0.754. The Bertz CT molecular complexity index is 733. The molecule has 22 heavy (non-hydrogen) atoms. The highest BCUT2D eigenvalue weighted by Gasteiger charge is 2.16. The molecular weight excluding hydrogens is 450 g/mol. The largest absolute Gasteiger partial charge is 0.246 e. The first-order valence-electron chi connectivity index (χ1n) is 6.66. The second kappa shape index (κ2) is 7.95. The molecule has 2 aromatic rings. The molecule has 0 radical (unpaired) electrons. The SMILES string of the molecule is CC(CCSS(=O)(=O)c1ccc(Br)cc1)c1cccc(Br)n1. The van der Waals surface area contributed by atoms with Crippen LogP contribution in [0.1, 0.15) is 25.0 Å². The first-order chi connectivity index (χ1) is 10.4. The Balaban J connectivity index is 1.94. The Labute approximate surface area is 151 Å². The smallest absolute Gasteiger partial charge is 0.229 e. The zero-order chi connectivity index (χ0) is 16.2. The quantitative estimate of drug-likeness (QED) is 0.434. The zero-order valence-corrected chi connectivity index (χ0v) is 16.7. The second-order valence-electron chi connectivity index (χ2n) is 4.80. The topological polar surface area (TPSA) is 47.0 Å². The molecule has 1 atom stereocenters. The van der Waals surface area contributed by atoms with Gasteiger partial charge in [0.2, 0.25) is 8.87 Å². The van der Waals surface area contributed by atoms with E-state index < -0.39 is 8.87 Å². The molecule has 2 rings (SSSR count). The van der Waals surface area contributed by atoms with Gasteiger partial charge in [0.15, 0.2) is 0 Å². The van der Waals surface area contributed by atoms with Crippen LogP contribution < -0.4 is 0 Å². The molecule has 0 spiro atoms. The fourth-order valence-electron chi connectivity index (χ4n) is 1.85. The van der Waals surface area contributed by atoms with Crippen LogP contribution in [0.2, 0.25) is 0 Å². The Morgan fingerprint density at radius 2 is 1.82 bits per heavy atom. The lowest BCUT2D eigenvalue weighted by Gasteiger charge is -2.11. The number of rotatable bonds is 6. The molecule has 0 amide bonds. The molecule has 1 aromatic heterocycles. The molecule has 118 valence electrons. The number of nitrogens with zero attached hydrogens (tertiary/aromatic N) is 1. The molecule has 0 aliphatic rings. The van der Waals surface area contributed by atoms with E-state index in [0.29, 0.717) is 10.6 Å². The molecule has 1 aromatic carbocycles. The van der Waals surface area contributed by atoms with Gasteiger partial charge in [-0.25, -0.2) is 13.4 Å². The van der Waals surface area contributed by atoms with E-state index in [0.717, 1.165) is 32.0 Å². The van der Waals surface area contributed by atoms with Gasteiger partial charge < -0.3 is 0 Å². The second-order valence-corrected chi connectivity index (χ2v) is 10.6. The van der Waals surface area contributed by atoms with Crippen LogP contribution in [0.15, 0.2) is 56.4 Å². The molecule has 0 saturated heterocycles. The number of benzene rings is 1. The molecule has 0 N–H and O–H groups in total. The highest BCUT2D eigenvalue weighted by molar-refractivity contribution is 9.10. The van der Waals surface area contributed by atoms with Crippen molar-refractivity contribution in [3.63, 3.8) is 0 Å². The van der Waals surface area contributed by atoms with Crippen molar-refractivity contribution < 1.29 is 8.42 Å². The van der Waals surface area contributed by atoms with Crippen LogP contribution in [0, 0.1) is 0 Å². The van der Waals surface area contributed by atoms with Crippen LogP contribution in [0.4, 0.5) is 0 Å². The van der Waals surface area contributed by atoms with E-state index in [4.69, 9.17) is 0 Å². The standard InChI is InChI=1S/C15H15Br2NO2S2/c1-11(14-3-2-4-15(17)18-14)9-10-21-22(19,20)13-7-5-12(16)6-8-13/h2-8,11H,9-10H2,1H3. The summed E-state index contributed by atoms with van der Waals surface area (Å²) in [7, 11) is -2.31. The molecule has 3 nitrogen and oxygen atoms in total. The summed E-state index contributed by atoms with van der Waals surface area (Å²) in [4.78, 5) is 4.75. The first-order valence-corrected chi connectivity index (χ1v) is 11.2. The van der Waals surface area contributed by atoms with Gasteiger partial charge in [-0.15, -0.1) is 0 Å². The third-order valence-electron chi connectivity index (χ3n) is 3.13. The summed E-state index contributed by atoms with van der Waals surface area (Å²) in [5.41, 5.74) is 0.969. The number of hydrogen-bond donors (Lipinski definition) is 0. The average Bonchev–Trinajstić information content (AvgIpc) is 2.47. The summed E-state index contributed by atoms with van der Waals surface area (Å²) < 4.78 is 26.1. The number of pyridine rings is 1. The summed E-state index contributed by atoms with van der Waals surface area (Å²) >= 11 is 6.65. The predicted molar refractivity (Wildman–Crippen MR) is 98.8 cm³/mol. The Hall–Kier alpha value is -0.370. The van der Waals surface area contributed by atoms with Crippen LogP contribution >= 0.6 is 42.7 Å². The molecule has 1 unspecified atom stereocenters. The van der Waals surface area contributed by atoms with E-state index in [1.807, 2.05) is 18.2 Å². The van der Waals surface area contributed by atoms with Crippen LogP contribution in [0.3, 0.4) is 0 Å². The van der Waals surface area contributed by atoms with Gasteiger partial charge in [-0.2, -0.15) is 0 Å². The van der Waals surface area contributed by atoms with Crippen LogP contribution in [0.5, 0.6) is 0 Å². The Kier molecular flexibility index (Phi) is 6.49. The van der Waals surface area contributed by atoms with Crippen molar-refractivity contribution in [2.75, 3.05) is 5.75 Å². The maximum absolute atomic E-state index is 12.2. The Morgan fingerprint density at radius 1 is 1.14 bits per heavy atom. The molecular formula is C15H15Br2NO2S2. The minimum Gasteiger partial charge on any atom is -0.246 e. The monoisotopic (exact) mass is 463 g/mol. The Morgan fingerprint density at radius 3 is 2.45 bits per heavy atom. The van der Waals surface area contributed by atoms with Crippen molar-refractivity contribution in [3.05, 3.63) is 57.2 Å². The lowest BCUT2D eigenvalue weighted by atomic mass is 10.0. The van der Waals surface area contributed by atoms with Gasteiger partial charge >= 0.3 is 0 Å². The predicted octanol–water partition coefficient (Wildman–Crippen LogP) is 5.22. The molecule has 0 bridgehead atoms. The summed E-state index contributed by atoms with van der Waals surface area (Å²) in [6, 6.07) is 12.5. The van der Waals surface area contributed by atoms with E-state index >= 15 is 0 Å². The minimum atomic E-state index is -3.30. The van der Waals surface area contributed by atoms with E-state index in [-0.39, 0.29) is 5.92 Å². The van der Waals surface area contributed by atoms with Gasteiger partial charge in [0.25, 0.3) is 0 Å².